The smallest absolute Gasteiger partial charge is 0.251 e. The van der Waals surface area contributed by atoms with Crippen LogP contribution in [0.1, 0.15) is 40.1 Å². The third-order valence-corrected chi connectivity index (χ3v) is 4.04. The third kappa shape index (κ3) is 5.16. The topological polar surface area (TPSA) is 78.4 Å². The zero-order valence-electron chi connectivity index (χ0n) is 14.7. The van der Waals surface area contributed by atoms with Crippen LogP contribution in [0.3, 0.4) is 0 Å². The van der Waals surface area contributed by atoms with Gasteiger partial charge in [-0.25, -0.2) is 0 Å². The fourth-order valence-electron chi connectivity index (χ4n) is 2.55. The van der Waals surface area contributed by atoms with Gasteiger partial charge in [-0.3, -0.25) is 9.59 Å². The zero-order valence-corrected chi connectivity index (χ0v) is 14.7. The highest BCUT2D eigenvalue weighted by molar-refractivity contribution is 5.97. The van der Waals surface area contributed by atoms with Crippen LogP contribution in [0.2, 0.25) is 0 Å². The minimum atomic E-state index is -0.787. The van der Waals surface area contributed by atoms with Crippen molar-refractivity contribution in [2.45, 2.75) is 32.9 Å². The van der Waals surface area contributed by atoms with Gasteiger partial charge in [0.25, 0.3) is 5.91 Å². The minimum Gasteiger partial charge on any atom is -0.387 e. The highest BCUT2D eigenvalue weighted by Gasteiger charge is 2.18. The largest absolute Gasteiger partial charge is 0.387 e. The Bertz CT molecular complexity index is 758. The number of benzene rings is 2. The van der Waals surface area contributed by atoms with Gasteiger partial charge in [0.1, 0.15) is 6.04 Å². The molecule has 0 aliphatic rings. The molecule has 0 saturated carbocycles. The maximum atomic E-state index is 12.2. The van der Waals surface area contributed by atoms with Crippen LogP contribution in [0.5, 0.6) is 0 Å². The molecule has 3 N–H and O–H groups in total. The molecule has 0 spiro atoms. The van der Waals surface area contributed by atoms with Gasteiger partial charge in [-0.15, -0.1) is 0 Å². The van der Waals surface area contributed by atoms with Crippen LogP contribution in [0.25, 0.3) is 0 Å². The van der Waals surface area contributed by atoms with Crippen LogP contribution in [-0.4, -0.2) is 29.5 Å². The number of rotatable bonds is 6. The monoisotopic (exact) mass is 340 g/mol. The van der Waals surface area contributed by atoms with Crippen LogP contribution in [0.4, 0.5) is 0 Å². The van der Waals surface area contributed by atoms with Crippen LogP contribution in [0.15, 0.2) is 48.5 Å². The molecule has 5 nitrogen and oxygen atoms in total. The maximum absolute atomic E-state index is 12.2. The molecule has 0 aromatic heterocycles. The second-order valence-electron chi connectivity index (χ2n) is 6.18. The molecule has 0 saturated heterocycles. The number of aliphatic hydroxyl groups excluding tert-OH is 1. The highest BCUT2D eigenvalue weighted by Crippen LogP contribution is 2.16. The first-order valence-electron chi connectivity index (χ1n) is 8.27. The van der Waals surface area contributed by atoms with E-state index in [2.05, 4.69) is 10.6 Å². The molecule has 0 aliphatic heterocycles. The standard InChI is InChI=1S/C20H24N2O3/c1-13-7-6-9-16(11-13)20(25)22-15(3)19(24)21-12-18(23)17-10-5-4-8-14(17)2/h4-11,15,18,23H,12H2,1-3H3,(H,21,24)(H,22,25). The lowest BCUT2D eigenvalue weighted by molar-refractivity contribution is -0.123. The SMILES string of the molecule is Cc1cccc(C(=O)NC(C)C(=O)NCC(O)c2ccccc2C)c1. The van der Waals surface area contributed by atoms with Gasteiger partial charge in [-0.05, 0) is 44.0 Å². The molecule has 0 heterocycles. The Kier molecular flexibility index (Phi) is 6.31. The first-order chi connectivity index (χ1) is 11.9. The maximum Gasteiger partial charge on any atom is 0.251 e. The quantitative estimate of drug-likeness (QED) is 0.755. The van der Waals surface area contributed by atoms with Gasteiger partial charge in [0.2, 0.25) is 5.91 Å². The van der Waals surface area contributed by atoms with Crippen molar-refractivity contribution in [1.29, 1.82) is 0 Å². The van der Waals surface area contributed by atoms with Gasteiger partial charge in [0.05, 0.1) is 6.10 Å². The number of carbonyl (C=O) groups excluding carboxylic acids is 2. The summed E-state index contributed by atoms with van der Waals surface area (Å²) in [5, 5.41) is 15.6. The van der Waals surface area contributed by atoms with Gasteiger partial charge in [0, 0.05) is 12.1 Å². The summed E-state index contributed by atoms with van der Waals surface area (Å²) < 4.78 is 0. The van der Waals surface area contributed by atoms with Gasteiger partial charge >= 0.3 is 0 Å². The molecule has 2 unspecified atom stereocenters. The van der Waals surface area contributed by atoms with E-state index < -0.39 is 12.1 Å². The minimum absolute atomic E-state index is 0.0916. The van der Waals surface area contributed by atoms with Crippen LogP contribution in [-0.2, 0) is 4.79 Å². The number of aliphatic hydroxyl groups is 1. The van der Waals surface area contributed by atoms with Gasteiger partial charge in [-0.1, -0.05) is 42.0 Å². The van der Waals surface area contributed by atoms with Crippen molar-refractivity contribution >= 4 is 11.8 Å². The second-order valence-corrected chi connectivity index (χ2v) is 6.18. The summed E-state index contributed by atoms with van der Waals surface area (Å²) in [4.78, 5) is 24.3. The summed E-state index contributed by atoms with van der Waals surface area (Å²) in [5.41, 5.74) is 3.23. The van der Waals surface area contributed by atoms with E-state index in [1.54, 1.807) is 25.1 Å². The van der Waals surface area contributed by atoms with E-state index in [0.29, 0.717) is 5.56 Å². The average Bonchev–Trinajstić information content (AvgIpc) is 2.59. The Morgan fingerprint density at radius 2 is 1.80 bits per heavy atom. The number of amides is 2. The normalized spacial score (nSPS) is 13.0. The molecule has 5 heteroatoms. The Morgan fingerprint density at radius 3 is 2.48 bits per heavy atom. The fraction of sp³-hybridized carbons (Fsp3) is 0.300. The van der Waals surface area contributed by atoms with E-state index in [1.165, 1.54) is 0 Å². The van der Waals surface area contributed by atoms with Crippen molar-refractivity contribution in [3.8, 4) is 0 Å². The van der Waals surface area contributed by atoms with Crippen LogP contribution >= 0.6 is 0 Å². The van der Waals surface area contributed by atoms with Crippen LogP contribution < -0.4 is 10.6 Å². The predicted molar refractivity (Wildman–Crippen MR) is 97.3 cm³/mol. The van der Waals surface area contributed by atoms with E-state index in [9.17, 15) is 14.7 Å². The van der Waals surface area contributed by atoms with Gasteiger partial charge in [0.15, 0.2) is 0 Å². The third-order valence-electron chi connectivity index (χ3n) is 4.04. The molecular formula is C20H24N2O3. The summed E-state index contributed by atoms with van der Waals surface area (Å²) in [5.74, 6) is -0.639. The molecule has 2 rings (SSSR count). The van der Waals surface area contributed by atoms with E-state index in [4.69, 9.17) is 0 Å². The van der Waals surface area contributed by atoms with E-state index in [1.807, 2.05) is 44.2 Å². The Morgan fingerprint density at radius 1 is 1.08 bits per heavy atom. The first-order valence-corrected chi connectivity index (χ1v) is 8.27. The van der Waals surface area contributed by atoms with Gasteiger partial charge in [-0.2, -0.15) is 0 Å². The summed E-state index contributed by atoms with van der Waals surface area (Å²) >= 11 is 0. The summed E-state index contributed by atoms with van der Waals surface area (Å²) in [7, 11) is 0. The zero-order chi connectivity index (χ0) is 18.4. The molecule has 0 bridgehead atoms. The molecule has 2 aromatic carbocycles. The molecule has 0 radical (unpaired) electrons. The van der Waals surface area contributed by atoms with E-state index in [-0.39, 0.29) is 18.4 Å². The van der Waals surface area contributed by atoms with Crippen molar-refractivity contribution < 1.29 is 14.7 Å². The Labute approximate surface area is 148 Å². The van der Waals surface area contributed by atoms with Crippen LogP contribution in [0, 0.1) is 13.8 Å². The molecule has 0 aliphatic carbocycles. The molecule has 2 aromatic rings. The lowest BCUT2D eigenvalue weighted by Crippen LogP contribution is -2.45. The fourth-order valence-corrected chi connectivity index (χ4v) is 2.55. The average molecular weight is 340 g/mol. The number of hydrogen-bond donors (Lipinski definition) is 3. The number of aryl methyl sites for hydroxylation is 2. The van der Waals surface area contributed by atoms with Crippen molar-refractivity contribution in [1.82, 2.24) is 10.6 Å². The first kappa shape index (κ1) is 18.7. The van der Waals surface area contributed by atoms with E-state index >= 15 is 0 Å². The summed E-state index contributed by atoms with van der Waals surface area (Å²) in [6, 6.07) is 14.0. The summed E-state index contributed by atoms with van der Waals surface area (Å²) in [6.07, 6.45) is -0.787. The summed E-state index contributed by atoms with van der Waals surface area (Å²) in [6.45, 7) is 5.52. The molecular weight excluding hydrogens is 316 g/mol. The number of hydrogen-bond acceptors (Lipinski definition) is 3. The second kappa shape index (κ2) is 8.44. The molecule has 2 amide bonds. The number of nitrogens with one attached hydrogen (secondary N) is 2. The Balaban J connectivity index is 1.88. The van der Waals surface area contributed by atoms with Crippen molar-refractivity contribution in [2.75, 3.05) is 6.54 Å². The molecule has 0 fully saturated rings. The van der Waals surface area contributed by atoms with Crippen molar-refractivity contribution in [3.05, 3.63) is 70.8 Å². The van der Waals surface area contributed by atoms with E-state index in [0.717, 1.165) is 16.7 Å². The van der Waals surface area contributed by atoms with Crippen molar-refractivity contribution in [2.24, 2.45) is 0 Å². The predicted octanol–water partition coefficient (Wildman–Crippen LogP) is 2.27. The molecule has 132 valence electrons. The number of carbonyl (C=O) groups is 2. The molecule has 2 atom stereocenters. The Hall–Kier alpha value is -2.66. The van der Waals surface area contributed by atoms with Gasteiger partial charge < -0.3 is 15.7 Å². The lowest BCUT2D eigenvalue weighted by Gasteiger charge is -2.18. The molecule has 25 heavy (non-hydrogen) atoms. The highest BCUT2D eigenvalue weighted by atomic mass is 16.3. The lowest BCUT2D eigenvalue weighted by atomic mass is 10.0. The van der Waals surface area contributed by atoms with Crippen molar-refractivity contribution in [3.63, 3.8) is 0 Å².